The first-order chi connectivity index (χ1) is 10.5. The van der Waals surface area contributed by atoms with Gasteiger partial charge < -0.3 is 19.7 Å². The quantitative estimate of drug-likeness (QED) is 0.819. The lowest BCUT2D eigenvalue weighted by Crippen LogP contribution is -2.40. The minimum absolute atomic E-state index is 0.0233. The second-order valence-electron chi connectivity index (χ2n) is 5.10. The number of nitrogens with zero attached hydrogens (tertiary/aromatic N) is 2. The number of rotatable bonds is 5. The van der Waals surface area contributed by atoms with E-state index < -0.39 is 6.04 Å². The topological polar surface area (TPSA) is 80.8 Å². The van der Waals surface area contributed by atoms with E-state index in [9.17, 15) is 9.59 Å². The zero-order valence-corrected chi connectivity index (χ0v) is 13.0. The van der Waals surface area contributed by atoms with Crippen molar-refractivity contribution in [1.82, 2.24) is 9.88 Å². The molecule has 22 heavy (non-hydrogen) atoms. The van der Waals surface area contributed by atoms with Gasteiger partial charge in [-0.2, -0.15) is 0 Å². The number of pyridine rings is 1. The van der Waals surface area contributed by atoms with Crippen LogP contribution in [0.4, 0.5) is 5.69 Å². The van der Waals surface area contributed by atoms with Crippen LogP contribution in [0.3, 0.4) is 0 Å². The van der Waals surface area contributed by atoms with Crippen LogP contribution in [0.5, 0.6) is 5.88 Å². The fourth-order valence-corrected chi connectivity index (χ4v) is 2.61. The Balaban J connectivity index is 2.06. The van der Waals surface area contributed by atoms with Gasteiger partial charge in [-0.25, -0.2) is 9.78 Å². The molecule has 0 saturated carbocycles. The molecule has 2 unspecified atom stereocenters. The molecule has 1 fully saturated rings. The smallest absolute Gasteiger partial charge is 0.328 e. The minimum Gasteiger partial charge on any atom is -0.478 e. The van der Waals surface area contributed by atoms with Gasteiger partial charge in [0.2, 0.25) is 11.8 Å². The van der Waals surface area contributed by atoms with E-state index in [0.717, 1.165) is 5.69 Å². The maximum absolute atomic E-state index is 11.8. The third-order valence-corrected chi connectivity index (χ3v) is 3.58. The number of methoxy groups -OCH3 is 1. The Morgan fingerprint density at radius 3 is 2.91 bits per heavy atom. The van der Waals surface area contributed by atoms with Crippen LogP contribution in [0.2, 0.25) is 0 Å². The summed E-state index contributed by atoms with van der Waals surface area (Å²) in [4.78, 5) is 29.1. The van der Waals surface area contributed by atoms with Gasteiger partial charge in [-0.1, -0.05) is 0 Å². The molecule has 0 bridgehead atoms. The highest BCUT2D eigenvalue weighted by Crippen LogP contribution is 2.23. The molecule has 1 aromatic heterocycles. The number of aromatic nitrogens is 1. The summed E-state index contributed by atoms with van der Waals surface area (Å²) >= 11 is 0. The Kier molecular flexibility index (Phi) is 5.19. The molecule has 1 saturated heterocycles. The summed E-state index contributed by atoms with van der Waals surface area (Å²) in [7, 11) is 1.33. The molecule has 120 valence electrons. The summed E-state index contributed by atoms with van der Waals surface area (Å²) in [6.07, 6.45) is 2.17. The lowest BCUT2D eigenvalue weighted by Gasteiger charge is -2.20. The van der Waals surface area contributed by atoms with Crippen LogP contribution >= 0.6 is 0 Å². The first-order valence-electron chi connectivity index (χ1n) is 7.25. The second kappa shape index (κ2) is 7.11. The van der Waals surface area contributed by atoms with Gasteiger partial charge in [-0.05, 0) is 13.0 Å². The van der Waals surface area contributed by atoms with Gasteiger partial charge >= 0.3 is 5.97 Å². The summed E-state index contributed by atoms with van der Waals surface area (Å²) in [5.74, 6) is 0.0205. The van der Waals surface area contributed by atoms with Crippen molar-refractivity contribution in [2.45, 2.75) is 32.4 Å². The number of anilines is 1. The molecule has 0 aliphatic carbocycles. The van der Waals surface area contributed by atoms with E-state index in [2.05, 4.69) is 10.3 Å². The SMILES string of the molecule is CCOc1cc(NC2CC(C(=O)OC)N(C(C)=O)C2)ccn1. The molecular weight excluding hydrogens is 286 g/mol. The fraction of sp³-hybridized carbons (Fsp3) is 0.533. The van der Waals surface area contributed by atoms with Crippen LogP contribution in [-0.4, -0.2) is 54.1 Å². The molecule has 2 heterocycles. The van der Waals surface area contributed by atoms with Gasteiger partial charge in [0.1, 0.15) is 6.04 Å². The van der Waals surface area contributed by atoms with Crippen LogP contribution in [0.1, 0.15) is 20.3 Å². The van der Waals surface area contributed by atoms with Crippen molar-refractivity contribution < 1.29 is 19.1 Å². The maximum atomic E-state index is 11.8. The van der Waals surface area contributed by atoms with Crippen LogP contribution in [0.15, 0.2) is 18.3 Å². The van der Waals surface area contributed by atoms with E-state index in [1.165, 1.54) is 18.9 Å². The molecular formula is C15H21N3O4. The second-order valence-corrected chi connectivity index (χ2v) is 5.10. The van der Waals surface area contributed by atoms with Gasteiger partial charge in [-0.15, -0.1) is 0 Å². The number of esters is 1. The standard InChI is InChI=1S/C15H21N3O4/c1-4-22-14-8-11(5-6-16-14)17-12-7-13(15(20)21-3)18(9-12)10(2)19/h5-6,8,12-13H,4,7,9H2,1-3H3,(H,16,17). The Bertz CT molecular complexity index is 549. The highest BCUT2D eigenvalue weighted by atomic mass is 16.5. The van der Waals surface area contributed by atoms with Crippen molar-refractivity contribution in [3.63, 3.8) is 0 Å². The molecule has 0 spiro atoms. The third-order valence-electron chi connectivity index (χ3n) is 3.58. The van der Waals surface area contributed by atoms with E-state index in [0.29, 0.717) is 25.5 Å². The first-order valence-corrected chi connectivity index (χ1v) is 7.25. The number of nitrogens with one attached hydrogen (secondary N) is 1. The van der Waals surface area contributed by atoms with Gasteiger partial charge in [0.25, 0.3) is 0 Å². The normalized spacial score (nSPS) is 20.6. The predicted molar refractivity (Wildman–Crippen MR) is 80.6 cm³/mol. The average Bonchev–Trinajstić information content (AvgIpc) is 2.91. The van der Waals surface area contributed by atoms with Crippen LogP contribution in [0, 0.1) is 0 Å². The zero-order chi connectivity index (χ0) is 16.1. The summed E-state index contributed by atoms with van der Waals surface area (Å²) in [5, 5.41) is 3.31. The Morgan fingerprint density at radius 2 is 2.27 bits per heavy atom. The molecule has 1 aromatic rings. The number of hydrogen-bond acceptors (Lipinski definition) is 6. The van der Waals surface area contributed by atoms with Crippen LogP contribution in [0.25, 0.3) is 0 Å². The predicted octanol–water partition coefficient (Wildman–Crippen LogP) is 1.05. The van der Waals surface area contributed by atoms with Gasteiger partial charge in [0, 0.05) is 43.9 Å². The van der Waals surface area contributed by atoms with E-state index in [-0.39, 0.29) is 17.9 Å². The molecule has 2 atom stereocenters. The summed E-state index contributed by atoms with van der Waals surface area (Å²) in [6, 6.07) is 3.07. The molecule has 0 aromatic carbocycles. The summed E-state index contributed by atoms with van der Waals surface area (Å²) in [5.41, 5.74) is 0.845. The van der Waals surface area contributed by atoms with Crippen molar-refractivity contribution in [3.8, 4) is 5.88 Å². The number of ether oxygens (including phenoxy) is 2. The average molecular weight is 307 g/mol. The first kappa shape index (κ1) is 16.1. The molecule has 1 aliphatic heterocycles. The molecule has 1 aliphatic rings. The van der Waals surface area contributed by atoms with E-state index >= 15 is 0 Å². The van der Waals surface area contributed by atoms with E-state index in [1.54, 1.807) is 12.3 Å². The largest absolute Gasteiger partial charge is 0.478 e. The van der Waals surface area contributed by atoms with Crippen molar-refractivity contribution in [1.29, 1.82) is 0 Å². The molecule has 0 radical (unpaired) electrons. The summed E-state index contributed by atoms with van der Waals surface area (Å²) in [6.45, 7) is 4.35. The van der Waals surface area contributed by atoms with Crippen LogP contribution < -0.4 is 10.1 Å². The van der Waals surface area contributed by atoms with Crippen molar-refractivity contribution >= 4 is 17.6 Å². The number of likely N-dealkylation sites (tertiary alicyclic amines) is 1. The number of hydrogen-bond donors (Lipinski definition) is 1. The lowest BCUT2D eigenvalue weighted by molar-refractivity contribution is -0.150. The van der Waals surface area contributed by atoms with Crippen molar-refractivity contribution in [2.24, 2.45) is 0 Å². The van der Waals surface area contributed by atoms with Gasteiger partial charge in [-0.3, -0.25) is 4.79 Å². The Hall–Kier alpha value is -2.31. The Morgan fingerprint density at radius 1 is 1.50 bits per heavy atom. The van der Waals surface area contributed by atoms with E-state index in [1.807, 2.05) is 13.0 Å². The number of carbonyl (C=O) groups excluding carboxylic acids is 2. The zero-order valence-electron chi connectivity index (χ0n) is 13.0. The van der Waals surface area contributed by atoms with Crippen molar-refractivity contribution in [3.05, 3.63) is 18.3 Å². The van der Waals surface area contributed by atoms with Crippen molar-refractivity contribution in [2.75, 3.05) is 25.6 Å². The highest BCUT2D eigenvalue weighted by Gasteiger charge is 2.39. The number of amides is 1. The van der Waals surface area contributed by atoms with Gasteiger partial charge in [0.05, 0.1) is 13.7 Å². The lowest BCUT2D eigenvalue weighted by atomic mass is 10.1. The van der Waals surface area contributed by atoms with E-state index in [4.69, 9.17) is 9.47 Å². The maximum Gasteiger partial charge on any atom is 0.328 e. The fourth-order valence-electron chi connectivity index (χ4n) is 2.61. The molecule has 7 nitrogen and oxygen atoms in total. The molecule has 1 amide bonds. The van der Waals surface area contributed by atoms with Gasteiger partial charge in [0.15, 0.2) is 0 Å². The summed E-state index contributed by atoms with van der Waals surface area (Å²) < 4.78 is 10.1. The number of carbonyl (C=O) groups is 2. The van der Waals surface area contributed by atoms with Crippen LogP contribution in [-0.2, 0) is 14.3 Å². The molecule has 1 N–H and O–H groups in total. The minimum atomic E-state index is -0.534. The molecule has 2 rings (SSSR count). The highest BCUT2D eigenvalue weighted by molar-refractivity contribution is 5.84. The monoisotopic (exact) mass is 307 g/mol. The Labute approximate surface area is 129 Å². The molecule has 7 heteroatoms. The third kappa shape index (κ3) is 3.66.